The maximum atomic E-state index is 13.4. The van der Waals surface area contributed by atoms with E-state index >= 15 is 0 Å². The maximum absolute atomic E-state index is 13.4. The van der Waals surface area contributed by atoms with Gasteiger partial charge in [-0.25, -0.2) is 4.79 Å². The minimum absolute atomic E-state index is 0.0266. The number of piperidine rings is 1. The third-order valence-corrected chi connectivity index (χ3v) is 6.90. The lowest BCUT2D eigenvalue weighted by atomic mass is 9.88. The molecule has 1 atom stereocenters. The van der Waals surface area contributed by atoms with E-state index in [1.807, 2.05) is 36.1 Å². The Kier molecular flexibility index (Phi) is 7.90. The van der Waals surface area contributed by atoms with Gasteiger partial charge in [-0.1, -0.05) is 23.8 Å². The van der Waals surface area contributed by atoms with Crippen LogP contribution in [-0.4, -0.2) is 67.0 Å². The van der Waals surface area contributed by atoms with Gasteiger partial charge in [0.15, 0.2) is 0 Å². The molecule has 2 aliphatic heterocycles. The number of benzene rings is 2. The van der Waals surface area contributed by atoms with Gasteiger partial charge >= 0.3 is 6.03 Å². The highest BCUT2D eigenvalue weighted by Crippen LogP contribution is 2.25. The normalized spacial score (nSPS) is 17.1. The molecule has 2 fully saturated rings. The van der Waals surface area contributed by atoms with Crippen LogP contribution in [0.1, 0.15) is 41.6 Å². The summed E-state index contributed by atoms with van der Waals surface area (Å²) in [6, 6.07) is 13.9. The first-order valence-corrected chi connectivity index (χ1v) is 12.3. The number of likely N-dealkylation sites (tertiary alicyclic amines) is 2. The van der Waals surface area contributed by atoms with E-state index in [4.69, 9.17) is 4.74 Å². The van der Waals surface area contributed by atoms with Crippen LogP contribution in [-0.2, 0) is 4.79 Å². The van der Waals surface area contributed by atoms with E-state index in [1.54, 1.807) is 36.3 Å². The minimum Gasteiger partial charge on any atom is -0.497 e. The van der Waals surface area contributed by atoms with Crippen molar-refractivity contribution in [3.63, 3.8) is 0 Å². The van der Waals surface area contributed by atoms with Crippen molar-refractivity contribution in [1.82, 2.24) is 15.1 Å². The molecule has 0 spiro atoms. The van der Waals surface area contributed by atoms with E-state index in [0.717, 1.165) is 37.2 Å². The van der Waals surface area contributed by atoms with Crippen molar-refractivity contribution in [2.24, 2.45) is 5.92 Å². The highest BCUT2D eigenvalue weighted by atomic mass is 16.5. The fraction of sp³-hybridized carbons (Fsp3) is 0.444. The maximum Gasteiger partial charge on any atom is 0.321 e. The Morgan fingerprint density at radius 1 is 0.943 bits per heavy atom. The van der Waals surface area contributed by atoms with Gasteiger partial charge in [-0.3, -0.25) is 9.59 Å². The number of hydrogen-bond donors (Lipinski definition) is 2. The Labute approximate surface area is 206 Å². The van der Waals surface area contributed by atoms with Crippen LogP contribution in [0.3, 0.4) is 0 Å². The molecule has 0 radical (unpaired) electrons. The lowest BCUT2D eigenvalue weighted by Gasteiger charge is -2.37. The van der Waals surface area contributed by atoms with Crippen molar-refractivity contribution in [3.05, 3.63) is 59.7 Å². The number of aryl methyl sites for hydroxylation is 1. The van der Waals surface area contributed by atoms with Gasteiger partial charge in [0.2, 0.25) is 5.91 Å². The largest absolute Gasteiger partial charge is 0.497 e. The van der Waals surface area contributed by atoms with Gasteiger partial charge in [0.1, 0.15) is 11.8 Å². The number of urea groups is 1. The fourth-order valence-corrected chi connectivity index (χ4v) is 4.78. The molecule has 8 heteroatoms. The summed E-state index contributed by atoms with van der Waals surface area (Å²) < 4.78 is 5.24. The zero-order valence-corrected chi connectivity index (χ0v) is 20.5. The summed E-state index contributed by atoms with van der Waals surface area (Å²) in [7, 11) is 1.56. The molecule has 0 aliphatic carbocycles. The first kappa shape index (κ1) is 24.6. The van der Waals surface area contributed by atoms with Crippen molar-refractivity contribution < 1.29 is 19.1 Å². The lowest BCUT2D eigenvalue weighted by molar-refractivity contribution is -0.134. The van der Waals surface area contributed by atoms with Crippen LogP contribution < -0.4 is 15.4 Å². The van der Waals surface area contributed by atoms with Gasteiger partial charge in [-0.2, -0.15) is 0 Å². The summed E-state index contributed by atoms with van der Waals surface area (Å²) in [5, 5.41) is 5.96. The molecular weight excluding hydrogens is 444 g/mol. The summed E-state index contributed by atoms with van der Waals surface area (Å²) in [5.41, 5.74) is 2.35. The van der Waals surface area contributed by atoms with Crippen LogP contribution in [0.4, 0.5) is 10.5 Å². The molecule has 2 aliphatic rings. The standard InChI is InChI=1S/C27H34N4O4/c1-19-8-10-22(11-9-19)28-27(34)31-16-12-20(13-17-31)24(26(33)30-14-3-4-15-30)29-25(32)21-6-5-7-23(18-21)35-2/h5-11,18,20,24H,3-4,12-17H2,1-2H3,(H,28,34)(H,29,32)/t24-/m0/s1. The van der Waals surface area contributed by atoms with Crippen LogP contribution in [0, 0.1) is 12.8 Å². The molecule has 4 amide bonds. The van der Waals surface area contributed by atoms with Crippen molar-refractivity contribution in [3.8, 4) is 5.75 Å². The first-order valence-electron chi connectivity index (χ1n) is 12.3. The van der Waals surface area contributed by atoms with Gasteiger partial charge < -0.3 is 25.2 Å². The molecule has 2 saturated heterocycles. The van der Waals surface area contributed by atoms with Gasteiger partial charge in [0.25, 0.3) is 5.91 Å². The molecule has 0 aromatic heterocycles. The zero-order valence-electron chi connectivity index (χ0n) is 20.5. The molecule has 0 saturated carbocycles. The van der Waals surface area contributed by atoms with Crippen molar-refractivity contribution >= 4 is 23.5 Å². The highest BCUT2D eigenvalue weighted by Gasteiger charge is 2.37. The van der Waals surface area contributed by atoms with Crippen molar-refractivity contribution in [1.29, 1.82) is 0 Å². The number of rotatable bonds is 6. The number of carbonyl (C=O) groups excluding carboxylic acids is 3. The third kappa shape index (κ3) is 6.12. The molecule has 2 heterocycles. The Morgan fingerprint density at radius 3 is 2.29 bits per heavy atom. The number of carbonyl (C=O) groups is 3. The Hall–Kier alpha value is -3.55. The van der Waals surface area contributed by atoms with Crippen LogP contribution in [0.15, 0.2) is 48.5 Å². The topological polar surface area (TPSA) is 91.0 Å². The molecule has 0 bridgehead atoms. The van der Waals surface area contributed by atoms with E-state index in [-0.39, 0.29) is 23.8 Å². The van der Waals surface area contributed by atoms with Crippen LogP contribution in [0.2, 0.25) is 0 Å². The molecule has 8 nitrogen and oxygen atoms in total. The minimum atomic E-state index is -0.617. The second-order valence-corrected chi connectivity index (χ2v) is 9.34. The molecule has 186 valence electrons. The van der Waals surface area contributed by atoms with Crippen LogP contribution in [0.25, 0.3) is 0 Å². The number of nitrogens with zero attached hydrogens (tertiary/aromatic N) is 2. The van der Waals surface area contributed by atoms with Crippen molar-refractivity contribution in [2.75, 3.05) is 38.6 Å². The predicted octanol–water partition coefficient (Wildman–Crippen LogP) is 3.67. The van der Waals surface area contributed by atoms with E-state index in [2.05, 4.69) is 10.6 Å². The summed E-state index contributed by atoms with van der Waals surface area (Å²) >= 11 is 0. The van der Waals surface area contributed by atoms with E-state index in [0.29, 0.717) is 37.2 Å². The molecule has 2 aromatic carbocycles. The summed E-state index contributed by atoms with van der Waals surface area (Å²) in [6.45, 7) is 4.51. The van der Waals surface area contributed by atoms with Gasteiger partial charge in [-0.05, 0) is 68.9 Å². The van der Waals surface area contributed by atoms with E-state index in [9.17, 15) is 14.4 Å². The number of ether oxygens (including phenoxy) is 1. The smallest absolute Gasteiger partial charge is 0.321 e. The molecular formula is C27H34N4O4. The fourth-order valence-electron chi connectivity index (χ4n) is 4.78. The van der Waals surface area contributed by atoms with Crippen LogP contribution >= 0.6 is 0 Å². The Bertz CT molecular complexity index is 1040. The zero-order chi connectivity index (χ0) is 24.8. The first-order chi connectivity index (χ1) is 16.9. The number of methoxy groups -OCH3 is 1. The lowest BCUT2D eigenvalue weighted by Crippen LogP contribution is -2.54. The molecule has 4 rings (SSSR count). The predicted molar refractivity (Wildman–Crippen MR) is 135 cm³/mol. The van der Waals surface area contributed by atoms with Gasteiger partial charge in [0, 0.05) is 37.4 Å². The number of nitrogens with one attached hydrogen (secondary N) is 2. The second-order valence-electron chi connectivity index (χ2n) is 9.34. The van der Waals surface area contributed by atoms with Crippen LogP contribution in [0.5, 0.6) is 5.75 Å². The quantitative estimate of drug-likeness (QED) is 0.663. The van der Waals surface area contributed by atoms with Crippen molar-refractivity contribution in [2.45, 2.75) is 38.6 Å². The van der Waals surface area contributed by atoms with E-state index < -0.39 is 6.04 Å². The SMILES string of the molecule is COc1cccc(C(=O)N[C@H](C(=O)N2CCCC2)C2CCN(C(=O)Nc3ccc(C)cc3)CC2)c1. The molecule has 35 heavy (non-hydrogen) atoms. The summed E-state index contributed by atoms with van der Waals surface area (Å²) in [6.07, 6.45) is 3.26. The number of anilines is 1. The van der Waals surface area contributed by atoms with Gasteiger partial charge in [-0.15, -0.1) is 0 Å². The average molecular weight is 479 g/mol. The third-order valence-electron chi connectivity index (χ3n) is 6.90. The monoisotopic (exact) mass is 478 g/mol. The summed E-state index contributed by atoms with van der Waals surface area (Å²) in [4.78, 5) is 42.9. The highest BCUT2D eigenvalue weighted by molar-refractivity contribution is 5.98. The number of hydrogen-bond acceptors (Lipinski definition) is 4. The average Bonchev–Trinajstić information content (AvgIpc) is 3.43. The molecule has 0 unspecified atom stereocenters. The molecule has 2 N–H and O–H groups in total. The second kappa shape index (κ2) is 11.3. The molecule has 2 aromatic rings. The summed E-state index contributed by atoms with van der Waals surface area (Å²) in [5.74, 6) is 0.233. The van der Waals surface area contributed by atoms with Gasteiger partial charge in [0.05, 0.1) is 7.11 Å². The Morgan fingerprint density at radius 2 is 1.63 bits per heavy atom. The Balaban J connectivity index is 1.41. The number of amides is 4. The van der Waals surface area contributed by atoms with E-state index in [1.165, 1.54) is 0 Å².